The summed E-state index contributed by atoms with van der Waals surface area (Å²) in [6.07, 6.45) is 0.968. The fraction of sp³-hybridized carbons (Fsp3) is 0.533. The van der Waals surface area contributed by atoms with E-state index in [1.165, 1.54) is 0 Å². The number of hydrogen-bond acceptors (Lipinski definition) is 2. The van der Waals surface area contributed by atoms with E-state index in [1.54, 1.807) is 19.1 Å². The van der Waals surface area contributed by atoms with Crippen molar-refractivity contribution in [3.63, 3.8) is 0 Å². The van der Waals surface area contributed by atoms with Crippen LogP contribution in [-0.2, 0) is 4.79 Å². The number of carbonyl (C=O) groups excluding carboxylic acids is 1. The Morgan fingerprint density at radius 2 is 1.85 bits per heavy atom. The standard InChI is InChI=1S/C15H22Cl2N2O/c1-9(2)5-6-18-15(20)11(4)19-14-8-12(16)10(3)7-13(14)17/h7-9,11,19H,5-6H2,1-4H3,(H,18,20). The predicted octanol–water partition coefficient (Wildman–Crippen LogP) is 4.26. The summed E-state index contributed by atoms with van der Waals surface area (Å²) >= 11 is 12.2. The van der Waals surface area contributed by atoms with Gasteiger partial charge in [-0.1, -0.05) is 37.0 Å². The predicted molar refractivity (Wildman–Crippen MR) is 86.7 cm³/mol. The maximum atomic E-state index is 11.9. The first-order valence-electron chi connectivity index (χ1n) is 6.81. The summed E-state index contributed by atoms with van der Waals surface area (Å²) in [5.41, 5.74) is 1.59. The van der Waals surface area contributed by atoms with E-state index >= 15 is 0 Å². The third-order valence-electron chi connectivity index (χ3n) is 3.03. The fourth-order valence-electron chi connectivity index (χ4n) is 1.69. The number of hydrogen-bond donors (Lipinski definition) is 2. The SMILES string of the molecule is Cc1cc(Cl)c(NC(C)C(=O)NCCC(C)C)cc1Cl. The Labute approximate surface area is 131 Å². The lowest BCUT2D eigenvalue weighted by molar-refractivity contribution is -0.121. The molecule has 1 atom stereocenters. The number of anilines is 1. The van der Waals surface area contributed by atoms with Gasteiger partial charge in [0.1, 0.15) is 6.04 Å². The van der Waals surface area contributed by atoms with Gasteiger partial charge >= 0.3 is 0 Å². The molecule has 20 heavy (non-hydrogen) atoms. The molecule has 0 heterocycles. The van der Waals surface area contributed by atoms with Crippen LogP contribution < -0.4 is 10.6 Å². The van der Waals surface area contributed by atoms with Crippen LogP contribution in [0.25, 0.3) is 0 Å². The molecule has 2 N–H and O–H groups in total. The largest absolute Gasteiger partial charge is 0.373 e. The fourth-order valence-corrected chi connectivity index (χ4v) is 2.13. The second kappa shape index (κ2) is 7.75. The van der Waals surface area contributed by atoms with E-state index in [4.69, 9.17) is 23.2 Å². The minimum absolute atomic E-state index is 0.0431. The van der Waals surface area contributed by atoms with E-state index in [1.807, 2.05) is 6.92 Å². The lowest BCUT2D eigenvalue weighted by atomic mass is 10.1. The van der Waals surface area contributed by atoms with Crippen molar-refractivity contribution >= 4 is 34.8 Å². The molecule has 3 nitrogen and oxygen atoms in total. The molecule has 0 aliphatic rings. The molecule has 0 aliphatic heterocycles. The van der Waals surface area contributed by atoms with E-state index in [0.717, 1.165) is 12.0 Å². The Morgan fingerprint density at radius 1 is 1.20 bits per heavy atom. The average molecular weight is 317 g/mol. The van der Waals surface area contributed by atoms with Crippen LogP contribution >= 0.6 is 23.2 Å². The molecular formula is C15H22Cl2N2O. The smallest absolute Gasteiger partial charge is 0.242 e. The molecule has 0 aromatic heterocycles. The molecule has 0 radical (unpaired) electrons. The van der Waals surface area contributed by atoms with E-state index in [0.29, 0.717) is 28.2 Å². The molecule has 0 aliphatic carbocycles. The number of amides is 1. The minimum atomic E-state index is -0.363. The van der Waals surface area contributed by atoms with Crippen LogP contribution in [0.5, 0.6) is 0 Å². The van der Waals surface area contributed by atoms with E-state index in [9.17, 15) is 4.79 Å². The van der Waals surface area contributed by atoms with Gasteiger partial charge in [0.25, 0.3) is 0 Å². The molecule has 1 amide bonds. The zero-order chi connectivity index (χ0) is 15.3. The Balaban J connectivity index is 2.59. The molecule has 0 spiro atoms. The lowest BCUT2D eigenvalue weighted by Crippen LogP contribution is -2.38. The van der Waals surface area contributed by atoms with Crippen molar-refractivity contribution in [3.05, 3.63) is 27.7 Å². The average Bonchev–Trinajstić information content (AvgIpc) is 2.35. The topological polar surface area (TPSA) is 41.1 Å². The van der Waals surface area contributed by atoms with Crippen molar-refractivity contribution in [1.29, 1.82) is 0 Å². The molecule has 0 saturated heterocycles. The number of halogens is 2. The first-order valence-corrected chi connectivity index (χ1v) is 7.56. The third kappa shape index (κ3) is 5.22. The van der Waals surface area contributed by atoms with Crippen LogP contribution in [-0.4, -0.2) is 18.5 Å². The summed E-state index contributed by atoms with van der Waals surface area (Å²) in [6.45, 7) is 8.63. The first-order chi connectivity index (χ1) is 9.31. The molecule has 1 rings (SSSR count). The van der Waals surface area contributed by atoms with Gasteiger partial charge in [-0.05, 0) is 43.9 Å². The molecule has 1 aromatic rings. The van der Waals surface area contributed by atoms with Crippen LogP contribution in [0.1, 0.15) is 32.8 Å². The number of aryl methyl sites for hydroxylation is 1. The zero-order valence-electron chi connectivity index (χ0n) is 12.4. The molecule has 112 valence electrons. The lowest BCUT2D eigenvalue weighted by Gasteiger charge is -2.17. The molecule has 1 aromatic carbocycles. The van der Waals surface area contributed by atoms with Crippen molar-refractivity contribution in [2.24, 2.45) is 5.92 Å². The number of carbonyl (C=O) groups is 1. The van der Waals surface area contributed by atoms with Crippen molar-refractivity contribution in [2.75, 3.05) is 11.9 Å². The van der Waals surface area contributed by atoms with Gasteiger partial charge in [0.2, 0.25) is 5.91 Å². The maximum Gasteiger partial charge on any atom is 0.242 e. The van der Waals surface area contributed by atoms with E-state index < -0.39 is 0 Å². The van der Waals surface area contributed by atoms with Gasteiger partial charge in [-0.3, -0.25) is 4.79 Å². The van der Waals surface area contributed by atoms with Crippen molar-refractivity contribution in [2.45, 2.75) is 40.2 Å². The minimum Gasteiger partial charge on any atom is -0.373 e. The number of rotatable bonds is 6. The van der Waals surface area contributed by atoms with E-state index in [2.05, 4.69) is 24.5 Å². The second-order valence-electron chi connectivity index (χ2n) is 5.42. The third-order valence-corrected chi connectivity index (χ3v) is 3.75. The highest BCUT2D eigenvalue weighted by Crippen LogP contribution is 2.29. The number of nitrogens with one attached hydrogen (secondary N) is 2. The first kappa shape index (κ1) is 17.1. The zero-order valence-corrected chi connectivity index (χ0v) is 13.9. The molecule has 5 heteroatoms. The van der Waals surface area contributed by atoms with Crippen molar-refractivity contribution in [3.8, 4) is 0 Å². The summed E-state index contributed by atoms with van der Waals surface area (Å²) in [6, 6.07) is 3.17. The summed E-state index contributed by atoms with van der Waals surface area (Å²) in [4.78, 5) is 11.9. The monoisotopic (exact) mass is 316 g/mol. The Kier molecular flexibility index (Phi) is 6.63. The second-order valence-corrected chi connectivity index (χ2v) is 6.24. The van der Waals surface area contributed by atoms with Gasteiger partial charge in [0.15, 0.2) is 0 Å². The summed E-state index contributed by atoms with van der Waals surface area (Å²) in [5, 5.41) is 7.18. The number of benzene rings is 1. The Hall–Kier alpha value is -0.930. The summed E-state index contributed by atoms with van der Waals surface area (Å²) in [7, 11) is 0. The van der Waals surface area contributed by atoms with Crippen molar-refractivity contribution in [1.82, 2.24) is 5.32 Å². The maximum absolute atomic E-state index is 11.9. The Bertz CT molecular complexity index is 475. The molecule has 0 bridgehead atoms. The summed E-state index contributed by atoms with van der Waals surface area (Å²) < 4.78 is 0. The van der Waals surface area contributed by atoms with Gasteiger partial charge in [0, 0.05) is 11.6 Å². The summed E-state index contributed by atoms with van der Waals surface area (Å²) in [5.74, 6) is 0.530. The van der Waals surface area contributed by atoms with Gasteiger partial charge in [0.05, 0.1) is 10.7 Å². The Morgan fingerprint density at radius 3 is 2.45 bits per heavy atom. The van der Waals surface area contributed by atoms with E-state index in [-0.39, 0.29) is 11.9 Å². The molecule has 0 fully saturated rings. The quantitative estimate of drug-likeness (QED) is 0.823. The normalized spacial score (nSPS) is 12.3. The molecule has 1 unspecified atom stereocenters. The van der Waals surface area contributed by atoms with Crippen LogP contribution in [0.4, 0.5) is 5.69 Å². The van der Waals surface area contributed by atoms with Gasteiger partial charge in [-0.25, -0.2) is 0 Å². The van der Waals surface area contributed by atoms with Crippen LogP contribution in [0.3, 0.4) is 0 Å². The van der Waals surface area contributed by atoms with Gasteiger partial charge in [-0.2, -0.15) is 0 Å². The van der Waals surface area contributed by atoms with Gasteiger partial charge < -0.3 is 10.6 Å². The molecular weight excluding hydrogens is 295 g/mol. The molecule has 0 saturated carbocycles. The van der Waals surface area contributed by atoms with Crippen molar-refractivity contribution < 1.29 is 4.79 Å². The van der Waals surface area contributed by atoms with Gasteiger partial charge in [-0.15, -0.1) is 0 Å². The van der Waals surface area contributed by atoms with Crippen LogP contribution in [0.15, 0.2) is 12.1 Å². The highest BCUT2D eigenvalue weighted by Gasteiger charge is 2.14. The van der Waals surface area contributed by atoms with Crippen LogP contribution in [0.2, 0.25) is 10.0 Å². The van der Waals surface area contributed by atoms with Crippen LogP contribution in [0, 0.1) is 12.8 Å². The highest BCUT2D eigenvalue weighted by molar-refractivity contribution is 6.35. The highest BCUT2D eigenvalue weighted by atomic mass is 35.5.